The number of hydrogen-bond donors (Lipinski definition) is 4. The van der Waals surface area contributed by atoms with E-state index in [0.717, 1.165) is 10.9 Å². The highest BCUT2D eigenvalue weighted by molar-refractivity contribution is 5.85. The van der Waals surface area contributed by atoms with Crippen LogP contribution >= 0.6 is 12.4 Å². The van der Waals surface area contributed by atoms with Crippen molar-refractivity contribution in [3.63, 3.8) is 0 Å². The monoisotopic (exact) mass is 395 g/mol. The van der Waals surface area contributed by atoms with Crippen LogP contribution in [0.5, 0.6) is 0 Å². The maximum Gasteiger partial charge on any atom is 0.323 e. The number of hydrogen-bond acceptors (Lipinski definition) is 9. The first-order valence-electron chi connectivity index (χ1n) is 9.66. The molecule has 0 spiro atoms. The molecule has 1 unspecified atom stereocenters. The average molecular weight is 396 g/mol. The summed E-state index contributed by atoms with van der Waals surface area (Å²) in [5.74, 6) is -1.95. The summed E-state index contributed by atoms with van der Waals surface area (Å²) in [6.45, 7) is -4.78. The third-order valence-electron chi connectivity index (χ3n) is 3.18. The summed E-state index contributed by atoms with van der Waals surface area (Å²) in [6.07, 6.45) is -2.41. The number of nitrogen functional groups attached to an aromatic ring is 1. The van der Waals surface area contributed by atoms with Gasteiger partial charge in [0.25, 0.3) is 5.56 Å². The fourth-order valence-electron chi connectivity index (χ4n) is 1.72. The standard InChI is InChI=1S/C14H22N6O5.ClH/c1-7(2)9(15)13(23)24-4-8(3-21)25-6-20-5-17-10-11(20)18-14(16)19-12(10)22;/h5,7-9,21H,3-4,6,15H2,1-2H3,(H3,16,18,19,22);1H/t8?,9-;/m1./s1/i3D2,4D2,8D;. The van der Waals surface area contributed by atoms with Gasteiger partial charge in [-0.3, -0.25) is 19.1 Å². The Hall–Kier alpha value is -2.21. The predicted octanol–water partition coefficient (Wildman–Crippen LogP) is -1.01. The van der Waals surface area contributed by atoms with E-state index >= 15 is 0 Å². The molecule has 0 saturated heterocycles. The van der Waals surface area contributed by atoms with Crippen molar-refractivity contribution in [1.82, 2.24) is 19.5 Å². The Morgan fingerprint density at radius 2 is 2.27 bits per heavy atom. The second-order valence-corrected chi connectivity index (χ2v) is 5.35. The number of rotatable bonds is 8. The Bertz CT molecular complexity index is 996. The van der Waals surface area contributed by atoms with Crippen LogP contribution in [0.15, 0.2) is 11.1 Å². The molecule has 11 nitrogen and oxygen atoms in total. The number of carbonyl (C=O) groups is 1. The van der Waals surface area contributed by atoms with E-state index in [2.05, 4.69) is 19.7 Å². The fourth-order valence-corrected chi connectivity index (χ4v) is 1.72. The van der Waals surface area contributed by atoms with Crippen molar-refractivity contribution in [2.24, 2.45) is 11.7 Å². The van der Waals surface area contributed by atoms with E-state index in [-0.39, 0.29) is 29.5 Å². The van der Waals surface area contributed by atoms with Crippen molar-refractivity contribution >= 4 is 35.5 Å². The molecule has 0 bridgehead atoms. The van der Waals surface area contributed by atoms with Crippen LogP contribution in [-0.2, 0) is 21.0 Å². The number of nitrogens with one attached hydrogen (secondary N) is 1. The largest absolute Gasteiger partial charge is 0.462 e. The van der Waals surface area contributed by atoms with Gasteiger partial charge in [-0.25, -0.2) is 4.98 Å². The van der Waals surface area contributed by atoms with Crippen molar-refractivity contribution in [2.75, 3.05) is 18.9 Å². The first-order valence-corrected chi connectivity index (χ1v) is 7.16. The topological polar surface area (TPSA) is 171 Å². The Balaban J connectivity index is 0.00000480. The van der Waals surface area contributed by atoms with Gasteiger partial charge in [0.2, 0.25) is 5.95 Å². The molecule has 2 aromatic rings. The van der Waals surface area contributed by atoms with Crippen LogP contribution in [0, 0.1) is 5.92 Å². The van der Waals surface area contributed by atoms with E-state index in [0.29, 0.717) is 0 Å². The van der Waals surface area contributed by atoms with Crippen molar-refractivity contribution in [3.8, 4) is 0 Å². The molecule has 146 valence electrons. The summed E-state index contributed by atoms with van der Waals surface area (Å²) < 4.78 is 49.5. The molecule has 2 atom stereocenters. The Morgan fingerprint density at radius 1 is 1.58 bits per heavy atom. The van der Waals surface area contributed by atoms with Gasteiger partial charge in [0.15, 0.2) is 11.2 Å². The molecule has 0 aromatic carbocycles. The zero-order valence-corrected chi connectivity index (χ0v) is 14.7. The van der Waals surface area contributed by atoms with Crippen molar-refractivity contribution < 1.29 is 26.2 Å². The molecule has 0 radical (unpaired) electrons. The Kier molecular flexibility index (Phi) is 5.43. The smallest absolute Gasteiger partial charge is 0.323 e. The maximum atomic E-state index is 12.0. The minimum absolute atomic E-state index is 0. The van der Waals surface area contributed by atoms with E-state index in [4.69, 9.17) is 23.1 Å². The van der Waals surface area contributed by atoms with E-state index in [1.807, 2.05) is 0 Å². The molecule has 2 heterocycles. The summed E-state index contributed by atoms with van der Waals surface area (Å²) in [7, 11) is 0. The lowest BCUT2D eigenvalue weighted by Gasteiger charge is -2.19. The van der Waals surface area contributed by atoms with Gasteiger partial charge in [0.05, 0.1) is 19.7 Å². The van der Waals surface area contributed by atoms with E-state index < -0.39 is 49.4 Å². The first kappa shape index (κ1) is 14.9. The molecule has 0 aliphatic carbocycles. The third kappa shape index (κ3) is 5.14. The lowest BCUT2D eigenvalue weighted by Crippen LogP contribution is -2.39. The van der Waals surface area contributed by atoms with Crippen LogP contribution in [0.3, 0.4) is 0 Å². The van der Waals surface area contributed by atoms with Crippen molar-refractivity contribution in [2.45, 2.75) is 32.7 Å². The Labute approximate surface area is 162 Å². The van der Waals surface area contributed by atoms with Crippen LogP contribution in [0.4, 0.5) is 5.95 Å². The lowest BCUT2D eigenvalue weighted by molar-refractivity contribution is -0.153. The number of aromatic nitrogens is 4. The van der Waals surface area contributed by atoms with Crippen LogP contribution in [0.2, 0.25) is 0 Å². The number of esters is 1. The summed E-state index contributed by atoms with van der Waals surface area (Å²) in [5.41, 5.74) is 10.1. The second kappa shape index (κ2) is 9.48. The molecule has 2 aromatic heterocycles. The summed E-state index contributed by atoms with van der Waals surface area (Å²) in [5, 5.41) is 9.81. The molecule has 2 rings (SSSR count). The number of aliphatic hydroxyl groups is 1. The first-order chi connectivity index (χ1) is 13.6. The zero-order chi connectivity index (χ0) is 23.1. The predicted molar refractivity (Wildman–Crippen MR) is 95.5 cm³/mol. The second-order valence-electron chi connectivity index (χ2n) is 5.35. The minimum atomic E-state index is -3.64. The molecular weight excluding hydrogens is 368 g/mol. The summed E-state index contributed by atoms with van der Waals surface area (Å²) in [4.78, 5) is 33.7. The molecular formula is C14H23ClN6O5. The van der Waals surface area contributed by atoms with Crippen LogP contribution in [-0.4, -0.2) is 55.8 Å². The highest BCUT2D eigenvalue weighted by atomic mass is 35.5. The van der Waals surface area contributed by atoms with Crippen molar-refractivity contribution in [1.29, 1.82) is 0 Å². The van der Waals surface area contributed by atoms with Gasteiger partial charge >= 0.3 is 5.97 Å². The number of aromatic amines is 1. The highest BCUT2D eigenvalue weighted by Gasteiger charge is 2.21. The number of halogens is 1. The SMILES string of the molecule is Cl.[2H]C([2H])(O)C([2H])(OCn1cnc2c(=O)[nH]c(N)nc21)C([2H])([2H])OC(=O)[C@H](N)C(C)C. The summed E-state index contributed by atoms with van der Waals surface area (Å²) >= 11 is 0. The van der Waals surface area contributed by atoms with Crippen LogP contribution in [0.1, 0.15) is 20.7 Å². The molecule has 0 saturated carbocycles. The molecule has 0 aliphatic rings. The Morgan fingerprint density at radius 3 is 2.88 bits per heavy atom. The number of imidazole rings is 1. The van der Waals surface area contributed by atoms with E-state index in [1.54, 1.807) is 13.8 Å². The summed E-state index contributed by atoms with van der Waals surface area (Å²) in [6, 6.07) is -1.26. The number of ether oxygens (including phenoxy) is 2. The van der Waals surface area contributed by atoms with E-state index in [9.17, 15) is 14.7 Å². The van der Waals surface area contributed by atoms with Gasteiger partial charge in [0, 0.05) is 0 Å². The molecule has 0 amide bonds. The molecule has 6 N–H and O–H groups in total. The van der Waals surface area contributed by atoms with Crippen LogP contribution < -0.4 is 17.0 Å². The lowest BCUT2D eigenvalue weighted by atomic mass is 10.1. The normalized spacial score (nSPS) is 18.6. The number of H-pyrrole nitrogens is 1. The molecule has 12 heteroatoms. The molecule has 0 aliphatic heterocycles. The fraction of sp³-hybridized carbons (Fsp3) is 0.571. The van der Waals surface area contributed by atoms with Gasteiger partial charge in [-0.1, -0.05) is 13.8 Å². The van der Waals surface area contributed by atoms with Gasteiger partial charge in [-0.15, -0.1) is 12.4 Å². The third-order valence-corrected chi connectivity index (χ3v) is 3.18. The number of nitrogens with zero attached hydrogens (tertiary/aromatic N) is 3. The zero-order valence-electron chi connectivity index (χ0n) is 18.9. The number of nitrogens with two attached hydrogens (primary N) is 2. The van der Waals surface area contributed by atoms with Gasteiger partial charge in [-0.05, 0) is 5.92 Å². The van der Waals surface area contributed by atoms with Crippen molar-refractivity contribution in [3.05, 3.63) is 16.7 Å². The van der Waals surface area contributed by atoms with Gasteiger partial charge in [0.1, 0.15) is 25.4 Å². The van der Waals surface area contributed by atoms with Crippen LogP contribution in [0.25, 0.3) is 11.2 Å². The van der Waals surface area contributed by atoms with Gasteiger partial charge < -0.3 is 26.0 Å². The highest BCUT2D eigenvalue weighted by Crippen LogP contribution is 2.08. The number of anilines is 1. The molecule has 26 heavy (non-hydrogen) atoms. The quantitative estimate of drug-likeness (QED) is 0.408. The van der Waals surface area contributed by atoms with E-state index in [1.165, 1.54) is 0 Å². The van der Waals surface area contributed by atoms with Gasteiger partial charge in [-0.2, -0.15) is 4.98 Å². The number of carbonyl (C=O) groups excluding carboxylic acids is 1. The number of fused-ring (bicyclic) bond motifs is 1. The minimum Gasteiger partial charge on any atom is -0.462 e. The average Bonchev–Trinajstić information content (AvgIpc) is 3.00. The maximum absolute atomic E-state index is 12.0. The molecule has 0 fully saturated rings.